The Hall–Kier alpha value is -1.40. The van der Waals surface area contributed by atoms with Crippen LogP contribution < -0.4 is 5.32 Å². The van der Waals surface area contributed by atoms with Gasteiger partial charge in [0.05, 0.1) is 24.8 Å². The average Bonchev–Trinajstić information content (AvgIpc) is 2.91. The summed E-state index contributed by atoms with van der Waals surface area (Å²) >= 11 is 0. The summed E-state index contributed by atoms with van der Waals surface area (Å²) in [6, 6.07) is -0.0773. The Bertz CT molecular complexity index is 478. The number of imidazole rings is 1. The predicted octanol–water partition coefficient (Wildman–Crippen LogP) is 1.40. The number of nitrogens with one attached hydrogen (secondary N) is 2. The second kappa shape index (κ2) is 6.58. The molecular weight excluding hydrogens is 268 g/mol. The van der Waals surface area contributed by atoms with Crippen molar-refractivity contribution >= 4 is 5.91 Å². The van der Waals surface area contributed by atoms with Crippen LogP contribution >= 0.6 is 0 Å². The number of hydrogen-bond acceptors (Lipinski definition) is 4. The minimum absolute atomic E-state index is 0.0327. The second-order valence-corrected chi connectivity index (χ2v) is 6.04. The molecule has 0 bridgehead atoms. The first-order chi connectivity index (χ1) is 9.95. The number of carbonyl (C=O) groups is 1. The van der Waals surface area contributed by atoms with Gasteiger partial charge in [0.15, 0.2) is 0 Å². The van der Waals surface area contributed by atoms with Gasteiger partial charge in [0.2, 0.25) is 5.91 Å². The number of H-pyrrole nitrogens is 1. The van der Waals surface area contributed by atoms with E-state index in [9.17, 15) is 4.79 Å². The molecule has 1 fully saturated rings. The maximum absolute atomic E-state index is 12.7. The Morgan fingerprint density at radius 2 is 2.19 bits per heavy atom. The average molecular weight is 294 g/mol. The van der Waals surface area contributed by atoms with E-state index in [4.69, 9.17) is 4.74 Å². The van der Waals surface area contributed by atoms with Crippen LogP contribution in [0, 0.1) is 6.92 Å². The molecule has 2 rings (SSSR count). The molecule has 6 heteroatoms. The molecule has 1 amide bonds. The fourth-order valence-electron chi connectivity index (χ4n) is 2.57. The first-order valence-corrected chi connectivity index (χ1v) is 7.60. The van der Waals surface area contributed by atoms with E-state index in [1.165, 1.54) is 0 Å². The lowest BCUT2D eigenvalue weighted by Gasteiger charge is -2.40. The van der Waals surface area contributed by atoms with Gasteiger partial charge in [0.25, 0.3) is 0 Å². The molecule has 0 aliphatic carbocycles. The van der Waals surface area contributed by atoms with Gasteiger partial charge < -0.3 is 15.0 Å². The Labute approximate surface area is 126 Å². The van der Waals surface area contributed by atoms with Gasteiger partial charge in [0, 0.05) is 25.0 Å². The zero-order valence-corrected chi connectivity index (χ0v) is 13.4. The fraction of sp³-hybridized carbons (Fsp3) is 0.733. The highest BCUT2D eigenvalue weighted by atomic mass is 16.5. The molecule has 1 saturated heterocycles. The summed E-state index contributed by atoms with van der Waals surface area (Å²) in [6.07, 6.45) is 2.59. The number of aromatic amines is 1. The van der Waals surface area contributed by atoms with Gasteiger partial charge in [-0.1, -0.05) is 6.92 Å². The number of aryl methyl sites for hydroxylation is 1. The number of morpholine rings is 1. The smallest absolute Gasteiger partial charge is 0.240 e. The molecule has 0 unspecified atom stereocenters. The van der Waals surface area contributed by atoms with Gasteiger partial charge in [-0.05, 0) is 27.2 Å². The molecule has 0 aromatic carbocycles. The molecule has 1 aliphatic rings. The van der Waals surface area contributed by atoms with Crippen LogP contribution in [0.4, 0.5) is 0 Å². The lowest BCUT2D eigenvalue weighted by atomic mass is 10.00. The number of amides is 1. The van der Waals surface area contributed by atoms with E-state index in [-0.39, 0.29) is 11.9 Å². The van der Waals surface area contributed by atoms with Crippen LogP contribution in [0.1, 0.15) is 44.8 Å². The van der Waals surface area contributed by atoms with Gasteiger partial charge in [-0.25, -0.2) is 4.98 Å². The summed E-state index contributed by atoms with van der Waals surface area (Å²) in [5, 5.41) is 3.12. The van der Waals surface area contributed by atoms with Gasteiger partial charge >= 0.3 is 0 Å². The SMILES string of the molecule is CC[C@@H](NC(=O)C(C)(C)N1CCOCC1)c1ncc(C)[nH]1. The van der Waals surface area contributed by atoms with E-state index in [1.54, 1.807) is 6.20 Å². The Morgan fingerprint density at radius 3 is 2.71 bits per heavy atom. The maximum Gasteiger partial charge on any atom is 0.240 e. The molecule has 21 heavy (non-hydrogen) atoms. The topological polar surface area (TPSA) is 70.2 Å². The number of aromatic nitrogens is 2. The van der Waals surface area contributed by atoms with Crippen LogP contribution in [-0.4, -0.2) is 52.6 Å². The monoisotopic (exact) mass is 294 g/mol. The molecule has 118 valence electrons. The zero-order valence-electron chi connectivity index (χ0n) is 13.4. The highest BCUT2D eigenvalue weighted by Gasteiger charge is 2.36. The minimum atomic E-state index is -0.543. The molecule has 6 nitrogen and oxygen atoms in total. The van der Waals surface area contributed by atoms with E-state index in [1.807, 2.05) is 27.7 Å². The highest BCUT2D eigenvalue weighted by Crippen LogP contribution is 2.20. The lowest BCUT2D eigenvalue weighted by molar-refractivity contribution is -0.135. The number of carbonyl (C=O) groups excluding carboxylic acids is 1. The molecule has 1 atom stereocenters. The maximum atomic E-state index is 12.7. The fourth-order valence-corrected chi connectivity index (χ4v) is 2.57. The zero-order chi connectivity index (χ0) is 15.5. The summed E-state index contributed by atoms with van der Waals surface area (Å²) in [7, 11) is 0. The van der Waals surface area contributed by atoms with Crippen LogP contribution in [0.3, 0.4) is 0 Å². The molecule has 1 aromatic heterocycles. The predicted molar refractivity (Wildman–Crippen MR) is 81.0 cm³/mol. The van der Waals surface area contributed by atoms with Crippen molar-refractivity contribution in [1.29, 1.82) is 0 Å². The van der Waals surface area contributed by atoms with Crippen LogP contribution in [-0.2, 0) is 9.53 Å². The van der Waals surface area contributed by atoms with E-state index >= 15 is 0 Å². The van der Waals surface area contributed by atoms with E-state index < -0.39 is 5.54 Å². The van der Waals surface area contributed by atoms with Crippen molar-refractivity contribution in [3.63, 3.8) is 0 Å². The summed E-state index contributed by atoms with van der Waals surface area (Å²) < 4.78 is 5.36. The third-order valence-electron chi connectivity index (χ3n) is 4.12. The van der Waals surface area contributed by atoms with Crippen molar-refractivity contribution in [3.8, 4) is 0 Å². The first kappa shape index (κ1) is 16.0. The Kier molecular flexibility index (Phi) is 5.00. The van der Waals surface area contributed by atoms with Crippen molar-refractivity contribution in [2.24, 2.45) is 0 Å². The van der Waals surface area contributed by atoms with Crippen LogP contribution in [0.25, 0.3) is 0 Å². The molecular formula is C15H26N4O2. The molecule has 2 N–H and O–H groups in total. The van der Waals surface area contributed by atoms with Crippen molar-refractivity contribution in [1.82, 2.24) is 20.2 Å². The second-order valence-electron chi connectivity index (χ2n) is 6.04. The summed E-state index contributed by atoms with van der Waals surface area (Å²) in [5.74, 6) is 0.853. The molecule has 1 aliphatic heterocycles. The third-order valence-corrected chi connectivity index (χ3v) is 4.12. The minimum Gasteiger partial charge on any atom is -0.379 e. The molecule has 0 saturated carbocycles. The number of nitrogens with zero attached hydrogens (tertiary/aromatic N) is 2. The van der Waals surface area contributed by atoms with Gasteiger partial charge in [-0.2, -0.15) is 0 Å². The summed E-state index contributed by atoms with van der Waals surface area (Å²) in [6.45, 7) is 10.9. The molecule has 2 heterocycles. The molecule has 1 aromatic rings. The van der Waals surface area contributed by atoms with Crippen molar-refractivity contribution in [3.05, 3.63) is 17.7 Å². The first-order valence-electron chi connectivity index (χ1n) is 7.60. The van der Waals surface area contributed by atoms with Crippen molar-refractivity contribution in [2.75, 3.05) is 26.3 Å². The molecule has 0 spiro atoms. The molecule has 0 radical (unpaired) electrons. The highest BCUT2D eigenvalue weighted by molar-refractivity contribution is 5.85. The van der Waals surface area contributed by atoms with Crippen LogP contribution in [0.5, 0.6) is 0 Å². The normalized spacial score (nSPS) is 18.5. The van der Waals surface area contributed by atoms with Gasteiger partial charge in [-0.15, -0.1) is 0 Å². The summed E-state index contributed by atoms with van der Waals surface area (Å²) in [5.41, 5.74) is 0.462. The van der Waals surface area contributed by atoms with E-state index in [2.05, 4.69) is 20.2 Å². The summed E-state index contributed by atoms with van der Waals surface area (Å²) in [4.78, 5) is 22.4. The quantitative estimate of drug-likeness (QED) is 0.861. The largest absolute Gasteiger partial charge is 0.379 e. The van der Waals surface area contributed by atoms with E-state index in [0.29, 0.717) is 13.2 Å². The standard InChI is InChI=1S/C15H26N4O2/c1-5-12(13-16-10-11(2)17-13)18-14(20)15(3,4)19-6-8-21-9-7-19/h10,12H,5-9H2,1-4H3,(H,16,17)(H,18,20)/t12-/m1/s1. The van der Waals surface area contributed by atoms with E-state index in [0.717, 1.165) is 31.0 Å². The van der Waals surface area contributed by atoms with Crippen LogP contribution in [0.2, 0.25) is 0 Å². The van der Waals surface area contributed by atoms with Gasteiger partial charge in [0.1, 0.15) is 5.82 Å². The number of ether oxygens (including phenoxy) is 1. The van der Waals surface area contributed by atoms with Crippen molar-refractivity contribution < 1.29 is 9.53 Å². The Balaban J connectivity index is 2.04. The third kappa shape index (κ3) is 3.63. The number of rotatable bonds is 5. The lowest BCUT2D eigenvalue weighted by Crippen LogP contribution is -2.58. The van der Waals surface area contributed by atoms with Crippen LogP contribution in [0.15, 0.2) is 6.20 Å². The Morgan fingerprint density at radius 1 is 1.52 bits per heavy atom. The van der Waals surface area contributed by atoms with Crippen molar-refractivity contribution in [2.45, 2.75) is 45.7 Å². The van der Waals surface area contributed by atoms with Gasteiger partial charge in [-0.3, -0.25) is 9.69 Å². The number of hydrogen-bond donors (Lipinski definition) is 2.